The largest absolute Gasteiger partial charge is 0.380 e. The summed E-state index contributed by atoms with van der Waals surface area (Å²) in [7, 11) is 3.58. The zero-order valence-electron chi connectivity index (χ0n) is 14.1. The summed E-state index contributed by atoms with van der Waals surface area (Å²) in [6.45, 7) is 8.22. The SMILES string of the molecule is CN=C(NCc1cccc(COC)c1)N1CCC(C)(C)C1.I. The highest BCUT2D eigenvalue weighted by atomic mass is 127. The first-order valence-electron chi connectivity index (χ1n) is 7.56. The summed E-state index contributed by atoms with van der Waals surface area (Å²) in [4.78, 5) is 6.76. The van der Waals surface area contributed by atoms with Gasteiger partial charge in [-0.15, -0.1) is 24.0 Å². The van der Waals surface area contributed by atoms with E-state index in [9.17, 15) is 0 Å². The fraction of sp³-hybridized carbons (Fsp3) is 0.588. The molecule has 1 aromatic carbocycles. The van der Waals surface area contributed by atoms with Gasteiger partial charge in [-0.1, -0.05) is 38.1 Å². The molecule has 1 aliphatic heterocycles. The first-order chi connectivity index (χ1) is 10.0. The van der Waals surface area contributed by atoms with Gasteiger partial charge >= 0.3 is 0 Å². The lowest BCUT2D eigenvalue weighted by Gasteiger charge is -2.23. The van der Waals surface area contributed by atoms with Crippen molar-refractivity contribution in [2.24, 2.45) is 10.4 Å². The first kappa shape index (κ1) is 19.2. The van der Waals surface area contributed by atoms with E-state index in [2.05, 4.69) is 53.3 Å². The van der Waals surface area contributed by atoms with Crippen molar-refractivity contribution in [2.75, 3.05) is 27.2 Å². The zero-order valence-corrected chi connectivity index (χ0v) is 16.4. The van der Waals surface area contributed by atoms with Gasteiger partial charge in [-0.05, 0) is 23.0 Å². The van der Waals surface area contributed by atoms with Crippen molar-refractivity contribution in [1.82, 2.24) is 10.2 Å². The Morgan fingerprint density at radius 1 is 1.36 bits per heavy atom. The Hall–Kier alpha value is -0.820. The molecule has 0 bridgehead atoms. The van der Waals surface area contributed by atoms with Crippen molar-refractivity contribution in [3.8, 4) is 0 Å². The van der Waals surface area contributed by atoms with Crippen LogP contribution in [0.1, 0.15) is 31.4 Å². The van der Waals surface area contributed by atoms with Crippen molar-refractivity contribution in [1.29, 1.82) is 0 Å². The monoisotopic (exact) mass is 417 g/mol. The molecule has 0 atom stereocenters. The van der Waals surface area contributed by atoms with Gasteiger partial charge in [0, 0.05) is 33.8 Å². The summed E-state index contributed by atoms with van der Waals surface area (Å²) in [5.74, 6) is 0.998. The lowest BCUT2D eigenvalue weighted by atomic mass is 9.93. The van der Waals surface area contributed by atoms with Gasteiger partial charge in [-0.25, -0.2) is 0 Å². The first-order valence-corrected chi connectivity index (χ1v) is 7.56. The van der Waals surface area contributed by atoms with Crippen LogP contribution in [0.3, 0.4) is 0 Å². The minimum atomic E-state index is 0. The van der Waals surface area contributed by atoms with E-state index in [0.29, 0.717) is 12.0 Å². The Morgan fingerprint density at radius 2 is 2.09 bits per heavy atom. The second-order valence-electron chi connectivity index (χ2n) is 6.49. The number of hydrogen-bond acceptors (Lipinski definition) is 2. The quantitative estimate of drug-likeness (QED) is 0.464. The summed E-state index contributed by atoms with van der Waals surface area (Å²) in [6.07, 6.45) is 1.22. The van der Waals surface area contributed by atoms with Crippen LogP contribution in [0.2, 0.25) is 0 Å². The predicted molar refractivity (Wildman–Crippen MR) is 103 cm³/mol. The lowest BCUT2D eigenvalue weighted by Crippen LogP contribution is -2.40. The van der Waals surface area contributed by atoms with E-state index in [-0.39, 0.29) is 24.0 Å². The van der Waals surface area contributed by atoms with Gasteiger partial charge in [-0.3, -0.25) is 4.99 Å². The smallest absolute Gasteiger partial charge is 0.193 e. The topological polar surface area (TPSA) is 36.9 Å². The van der Waals surface area contributed by atoms with Gasteiger partial charge in [-0.2, -0.15) is 0 Å². The third kappa shape index (κ3) is 5.43. The van der Waals surface area contributed by atoms with E-state index in [1.54, 1.807) is 7.11 Å². The van der Waals surface area contributed by atoms with Crippen LogP contribution in [0, 0.1) is 5.41 Å². The zero-order chi connectivity index (χ0) is 15.3. The van der Waals surface area contributed by atoms with Gasteiger partial charge < -0.3 is 15.0 Å². The summed E-state index contributed by atoms with van der Waals surface area (Å²) in [6, 6.07) is 8.48. The van der Waals surface area contributed by atoms with Gasteiger partial charge in [0.25, 0.3) is 0 Å². The summed E-state index contributed by atoms with van der Waals surface area (Å²) >= 11 is 0. The highest BCUT2D eigenvalue weighted by Gasteiger charge is 2.30. The van der Waals surface area contributed by atoms with Crippen molar-refractivity contribution in [3.05, 3.63) is 35.4 Å². The van der Waals surface area contributed by atoms with Gasteiger partial charge in [0.05, 0.1) is 6.61 Å². The van der Waals surface area contributed by atoms with Crippen LogP contribution in [0.15, 0.2) is 29.3 Å². The molecular weight excluding hydrogens is 389 g/mol. The highest BCUT2D eigenvalue weighted by Crippen LogP contribution is 2.28. The molecule has 0 amide bonds. The van der Waals surface area contributed by atoms with Crippen LogP contribution < -0.4 is 5.32 Å². The molecule has 1 N–H and O–H groups in total. The second kappa shape index (κ2) is 8.72. The molecule has 2 rings (SSSR count). The van der Waals surface area contributed by atoms with E-state index in [1.165, 1.54) is 17.5 Å². The molecule has 0 spiro atoms. The minimum absolute atomic E-state index is 0. The van der Waals surface area contributed by atoms with Crippen molar-refractivity contribution in [3.63, 3.8) is 0 Å². The van der Waals surface area contributed by atoms with Crippen LogP contribution in [0.25, 0.3) is 0 Å². The number of nitrogens with one attached hydrogen (secondary N) is 1. The molecule has 0 unspecified atom stereocenters. The maximum atomic E-state index is 5.18. The maximum absolute atomic E-state index is 5.18. The fourth-order valence-corrected chi connectivity index (χ4v) is 2.80. The van der Waals surface area contributed by atoms with E-state index in [0.717, 1.165) is 25.6 Å². The fourth-order valence-electron chi connectivity index (χ4n) is 2.80. The van der Waals surface area contributed by atoms with Crippen molar-refractivity contribution >= 4 is 29.9 Å². The molecule has 0 aliphatic carbocycles. The average molecular weight is 417 g/mol. The predicted octanol–water partition coefficient (Wildman–Crippen LogP) is 3.26. The lowest BCUT2D eigenvalue weighted by molar-refractivity contribution is 0.185. The molecule has 0 aromatic heterocycles. The number of aliphatic imine (C=N–C) groups is 1. The number of rotatable bonds is 4. The molecule has 1 fully saturated rings. The number of halogens is 1. The number of ether oxygens (including phenoxy) is 1. The third-order valence-corrected chi connectivity index (χ3v) is 3.94. The molecular formula is C17H28IN3O. The summed E-state index contributed by atoms with van der Waals surface area (Å²) in [5.41, 5.74) is 2.84. The molecule has 0 saturated carbocycles. The molecule has 5 heteroatoms. The number of hydrogen-bond donors (Lipinski definition) is 1. The van der Waals surface area contributed by atoms with Crippen LogP contribution >= 0.6 is 24.0 Å². The number of likely N-dealkylation sites (tertiary alicyclic amines) is 1. The highest BCUT2D eigenvalue weighted by molar-refractivity contribution is 14.0. The van der Waals surface area contributed by atoms with Gasteiger partial charge in [0.15, 0.2) is 5.96 Å². The van der Waals surface area contributed by atoms with E-state index >= 15 is 0 Å². The van der Waals surface area contributed by atoms with Gasteiger partial charge in [0.2, 0.25) is 0 Å². The second-order valence-corrected chi connectivity index (χ2v) is 6.49. The number of guanidine groups is 1. The Balaban J connectivity index is 0.00000242. The third-order valence-electron chi connectivity index (χ3n) is 3.94. The maximum Gasteiger partial charge on any atom is 0.193 e. The number of nitrogens with zero attached hydrogens (tertiary/aromatic N) is 2. The Morgan fingerprint density at radius 3 is 2.68 bits per heavy atom. The number of methoxy groups -OCH3 is 1. The van der Waals surface area contributed by atoms with E-state index < -0.39 is 0 Å². The van der Waals surface area contributed by atoms with Crippen LogP contribution in [0.5, 0.6) is 0 Å². The standard InChI is InChI=1S/C17H27N3O.HI/c1-17(2)8-9-20(13-17)16(18-3)19-11-14-6-5-7-15(10-14)12-21-4;/h5-7,10H,8-9,11-13H2,1-4H3,(H,18,19);1H. The molecule has 0 radical (unpaired) electrons. The van der Waals surface area contributed by atoms with Crippen LogP contribution in [-0.2, 0) is 17.9 Å². The van der Waals surface area contributed by atoms with E-state index in [1.807, 2.05) is 7.05 Å². The molecule has 1 saturated heterocycles. The van der Waals surface area contributed by atoms with Crippen LogP contribution in [0.4, 0.5) is 0 Å². The van der Waals surface area contributed by atoms with E-state index in [4.69, 9.17) is 4.74 Å². The Kier molecular flexibility index (Phi) is 7.62. The Labute approximate surface area is 151 Å². The molecule has 1 heterocycles. The van der Waals surface area contributed by atoms with Crippen molar-refractivity contribution < 1.29 is 4.74 Å². The Bertz CT molecular complexity index is 502. The molecule has 1 aromatic rings. The molecule has 124 valence electrons. The molecule has 4 nitrogen and oxygen atoms in total. The minimum Gasteiger partial charge on any atom is -0.380 e. The van der Waals surface area contributed by atoms with Crippen LogP contribution in [-0.4, -0.2) is 38.1 Å². The van der Waals surface area contributed by atoms with Crippen molar-refractivity contribution in [2.45, 2.75) is 33.4 Å². The summed E-state index contributed by atoms with van der Waals surface area (Å²) < 4.78 is 5.18. The molecule has 1 aliphatic rings. The summed E-state index contributed by atoms with van der Waals surface area (Å²) in [5, 5.41) is 3.47. The van der Waals surface area contributed by atoms with Gasteiger partial charge in [0.1, 0.15) is 0 Å². The normalized spacial score (nSPS) is 17.3. The number of benzene rings is 1. The molecule has 22 heavy (non-hydrogen) atoms. The average Bonchev–Trinajstić information content (AvgIpc) is 2.81.